The lowest BCUT2D eigenvalue weighted by atomic mass is 9.89. The lowest BCUT2D eigenvalue weighted by molar-refractivity contribution is -0.121. The van der Waals surface area contributed by atoms with E-state index < -0.39 is 0 Å². The van der Waals surface area contributed by atoms with Gasteiger partial charge in [-0.05, 0) is 25.0 Å². The summed E-state index contributed by atoms with van der Waals surface area (Å²) in [6.07, 6.45) is 7.10. The third-order valence-electron chi connectivity index (χ3n) is 4.54. The monoisotopic (exact) mass is 339 g/mol. The number of hydrogen-bond acceptors (Lipinski definition) is 5. The van der Waals surface area contributed by atoms with Gasteiger partial charge in [-0.3, -0.25) is 10.2 Å². The van der Waals surface area contributed by atoms with Gasteiger partial charge in [-0.15, -0.1) is 0 Å². The quantitative estimate of drug-likeness (QED) is 0.482. The fraction of sp³-hybridized carbons (Fsp3) is 0.412. The fourth-order valence-electron chi connectivity index (χ4n) is 3.34. The maximum Gasteiger partial charge on any atom is 0.234 e. The summed E-state index contributed by atoms with van der Waals surface area (Å²) in [5, 5.41) is 27.2. The third kappa shape index (κ3) is 3.55. The number of rotatable bonds is 5. The van der Waals surface area contributed by atoms with Gasteiger partial charge in [-0.1, -0.05) is 12.8 Å². The molecular weight excluding hydrogens is 318 g/mol. The standard InChI is InChI=1S/C17H21N7O/c18-8-7-15(25)22-12-4-1-2-5-13(12)23-16-11(17(19)20)10-21-24-9-3-6-14(16)24/h3,6,9-10,12-13,23H,1-2,4-5,7H2,(H3,19,20)(H,22,25)/t12-,13-/m0/s1. The van der Waals surface area contributed by atoms with Crippen LogP contribution >= 0.6 is 0 Å². The molecule has 3 rings (SSSR count). The summed E-state index contributed by atoms with van der Waals surface area (Å²) < 4.78 is 1.72. The molecule has 8 nitrogen and oxygen atoms in total. The minimum Gasteiger partial charge on any atom is -0.384 e. The van der Waals surface area contributed by atoms with Gasteiger partial charge in [0.05, 0.1) is 29.0 Å². The molecule has 0 bridgehead atoms. The van der Waals surface area contributed by atoms with Gasteiger partial charge >= 0.3 is 0 Å². The molecule has 1 amide bonds. The number of nitrogen functional groups attached to an aromatic ring is 1. The van der Waals surface area contributed by atoms with Crippen molar-refractivity contribution in [1.29, 1.82) is 10.7 Å². The smallest absolute Gasteiger partial charge is 0.234 e. The van der Waals surface area contributed by atoms with Gasteiger partial charge in [-0.2, -0.15) is 10.4 Å². The molecule has 2 heterocycles. The van der Waals surface area contributed by atoms with Crippen LogP contribution in [0, 0.1) is 16.7 Å². The molecule has 130 valence electrons. The lowest BCUT2D eigenvalue weighted by Gasteiger charge is -2.34. The van der Waals surface area contributed by atoms with Crippen molar-refractivity contribution in [2.24, 2.45) is 5.73 Å². The topological polar surface area (TPSA) is 132 Å². The van der Waals surface area contributed by atoms with Crippen LogP contribution in [-0.2, 0) is 4.79 Å². The Morgan fingerprint density at radius 3 is 2.92 bits per heavy atom. The van der Waals surface area contributed by atoms with Crippen LogP contribution in [0.15, 0.2) is 24.5 Å². The number of amides is 1. The molecule has 2 atom stereocenters. The van der Waals surface area contributed by atoms with E-state index >= 15 is 0 Å². The first kappa shape index (κ1) is 16.8. The molecule has 0 radical (unpaired) electrons. The van der Waals surface area contributed by atoms with Crippen LogP contribution in [0.25, 0.3) is 5.52 Å². The molecule has 0 aliphatic heterocycles. The van der Waals surface area contributed by atoms with Crippen molar-refractivity contribution in [3.63, 3.8) is 0 Å². The van der Waals surface area contributed by atoms with Crippen LogP contribution in [0.1, 0.15) is 37.7 Å². The Bertz CT molecular complexity index is 835. The van der Waals surface area contributed by atoms with Crippen molar-refractivity contribution in [3.05, 3.63) is 30.1 Å². The molecular formula is C17H21N7O. The summed E-state index contributed by atoms with van der Waals surface area (Å²) >= 11 is 0. The lowest BCUT2D eigenvalue weighted by Crippen LogP contribution is -2.48. The fourth-order valence-corrected chi connectivity index (χ4v) is 3.34. The Morgan fingerprint density at radius 2 is 2.20 bits per heavy atom. The highest BCUT2D eigenvalue weighted by Gasteiger charge is 2.28. The Balaban J connectivity index is 1.89. The maximum atomic E-state index is 11.8. The number of anilines is 1. The number of nitrogens with two attached hydrogens (primary N) is 1. The average molecular weight is 339 g/mol. The highest BCUT2D eigenvalue weighted by Crippen LogP contribution is 2.27. The first-order chi connectivity index (χ1) is 12.1. The Kier molecular flexibility index (Phi) is 4.84. The van der Waals surface area contributed by atoms with E-state index in [1.807, 2.05) is 24.4 Å². The number of carbonyl (C=O) groups excluding carboxylic acids is 1. The molecule has 5 N–H and O–H groups in total. The summed E-state index contributed by atoms with van der Waals surface area (Å²) in [7, 11) is 0. The molecule has 1 aliphatic carbocycles. The van der Waals surface area contributed by atoms with E-state index in [4.69, 9.17) is 16.4 Å². The number of carbonyl (C=O) groups is 1. The Labute approximate surface area is 145 Å². The number of nitriles is 1. The van der Waals surface area contributed by atoms with E-state index in [1.54, 1.807) is 10.7 Å². The summed E-state index contributed by atoms with van der Waals surface area (Å²) in [5.74, 6) is -0.310. The van der Waals surface area contributed by atoms with Crippen LogP contribution in [0.4, 0.5) is 5.69 Å². The first-order valence-electron chi connectivity index (χ1n) is 8.33. The van der Waals surface area contributed by atoms with Crippen LogP contribution in [0.3, 0.4) is 0 Å². The number of nitrogens with one attached hydrogen (secondary N) is 3. The minimum atomic E-state index is -0.254. The van der Waals surface area contributed by atoms with Crippen LogP contribution < -0.4 is 16.4 Å². The van der Waals surface area contributed by atoms with Gasteiger partial charge in [0.15, 0.2) is 0 Å². The number of hydrogen-bond donors (Lipinski definition) is 4. The zero-order valence-electron chi connectivity index (χ0n) is 13.8. The number of nitrogens with zero attached hydrogens (tertiary/aromatic N) is 3. The first-order valence-corrected chi connectivity index (χ1v) is 8.33. The van der Waals surface area contributed by atoms with Gasteiger partial charge in [-0.25, -0.2) is 4.52 Å². The SMILES string of the molecule is N#CCC(=O)N[C@H]1CCCC[C@@H]1Nc1c(C(=N)N)cnn2cccc12. The van der Waals surface area contributed by atoms with Crippen molar-refractivity contribution >= 4 is 22.9 Å². The van der Waals surface area contributed by atoms with Crippen molar-refractivity contribution < 1.29 is 4.79 Å². The highest BCUT2D eigenvalue weighted by atomic mass is 16.1. The van der Waals surface area contributed by atoms with Crippen molar-refractivity contribution in [2.45, 2.75) is 44.2 Å². The predicted molar refractivity (Wildman–Crippen MR) is 94.2 cm³/mol. The second-order valence-electron chi connectivity index (χ2n) is 6.23. The molecule has 0 aromatic carbocycles. The second-order valence-corrected chi connectivity index (χ2v) is 6.23. The summed E-state index contributed by atoms with van der Waals surface area (Å²) in [5.41, 5.74) is 7.85. The zero-order valence-corrected chi connectivity index (χ0v) is 13.8. The molecule has 2 aromatic rings. The van der Waals surface area contributed by atoms with Gasteiger partial charge < -0.3 is 16.4 Å². The van der Waals surface area contributed by atoms with Crippen LogP contribution in [0.5, 0.6) is 0 Å². The zero-order chi connectivity index (χ0) is 17.8. The van der Waals surface area contributed by atoms with Gasteiger partial charge in [0.25, 0.3) is 0 Å². The molecule has 8 heteroatoms. The van der Waals surface area contributed by atoms with Crippen molar-refractivity contribution in [1.82, 2.24) is 14.9 Å². The molecule has 2 aromatic heterocycles. The Morgan fingerprint density at radius 1 is 1.44 bits per heavy atom. The van der Waals surface area contributed by atoms with E-state index in [-0.39, 0.29) is 30.2 Å². The highest BCUT2D eigenvalue weighted by molar-refractivity contribution is 6.03. The van der Waals surface area contributed by atoms with Gasteiger partial charge in [0.2, 0.25) is 5.91 Å². The van der Waals surface area contributed by atoms with Crippen molar-refractivity contribution in [2.75, 3.05) is 5.32 Å². The summed E-state index contributed by atoms with van der Waals surface area (Å²) in [4.78, 5) is 11.8. The number of aromatic nitrogens is 2. The van der Waals surface area contributed by atoms with E-state index in [2.05, 4.69) is 15.7 Å². The maximum absolute atomic E-state index is 11.8. The molecule has 0 unspecified atom stereocenters. The van der Waals surface area contributed by atoms with Crippen LogP contribution in [-0.4, -0.2) is 33.4 Å². The van der Waals surface area contributed by atoms with E-state index in [0.29, 0.717) is 5.56 Å². The summed E-state index contributed by atoms with van der Waals surface area (Å²) in [6, 6.07) is 5.62. The third-order valence-corrected chi connectivity index (χ3v) is 4.54. The summed E-state index contributed by atoms with van der Waals surface area (Å²) in [6.45, 7) is 0. The molecule has 1 fully saturated rings. The molecule has 1 saturated carbocycles. The number of fused-ring (bicyclic) bond motifs is 1. The largest absolute Gasteiger partial charge is 0.384 e. The van der Waals surface area contributed by atoms with E-state index in [1.165, 1.54) is 0 Å². The van der Waals surface area contributed by atoms with E-state index in [0.717, 1.165) is 36.9 Å². The normalized spacial score (nSPS) is 20.0. The predicted octanol–water partition coefficient (Wildman–Crippen LogP) is 1.37. The number of amidine groups is 1. The Hall–Kier alpha value is -3.08. The second kappa shape index (κ2) is 7.21. The average Bonchev–Trinajstić information content (AvgIpc) is 3.06. The molecule has 1 aliphatic rings. The molecule has 0 spiro atoms. The van der Waals surface area contributed by atoms with Crippen molar-refractivity contribution in [3.8, 4) is 6.07 Å². The minimum absolute atomic E-state index is 0.00981. The van der Waals surface area contributed by atoms with Gasteiger partial charge in [0.1, 0.15) is 12.3 Å². The molecule has 25 heavy (non-hydrogen) atoms. The van der Waals surface area contributed by atoms with Crippen LogP contribution in [0.2, 0.25) is 0 Å². The molecule has 0 saturated heterocycles. The van der Waals surface area contributed by atoms with Gasteiger partial charge in [0, 0.05) is 18.3 Å². The van der Waals surface area contributed by atoms with E-state index in [9.17, 15) is 4.79 Å².